The third-order valence-electron chi connectivity index (χ3n) is 8.96. The second kappa shape index (κ2) is 12.7. The Morgan fingerprint density at radius 2 is 1.86 bits per heavy atom. The number of benzene rings is 1. The number of nitrogens with one attached hydrogen (secondary N) is 1. The fraction of sp³-hybridized carbons (Fsp3) is 0.667. The fourth-order valence-corrected chi connectivity index (χ4v) is 6.69. The van der Waals surface area contributed by atoms with E-state index in [9.17, 15) is 4.79 Å². The lowest BCUT2D eigenvalue weighted by molar-refractivity contribution is 0.0487. The van der Waals surface area contributed by atoms with Crippen LogP contribution in [0.15, 0.2) is 22.7 Å². The number of carbonyl (C=O) groups excluding carboxylic acids is 1. The van der Waals surface area contributed by atoms with Crippen LogP contribution in [-0.2, 0) is 13.9 Å². The molecular weight excluding hydrogens is 560 g/mol. The Balaban J connectivity index is 1.77. The Labute approximate surface area is 259 Å². The van der Waals surface area contributed by atoms with Crippen LogP contribution in [0.1, 0.15) is 104 Å². The lowest BCUT2D eigenvalue weighted by Crippen LogP contribution is -2.42. The number of carbonyl (C=O) groups is 1. The van der Waals surface area contributed by atoms with Gasteiger partial charge in [-0.2, -0.15) is 0 Å². The Hall–Kier alpha value is -2.69. The molecule has 0 spiro atoms. The van der Waals surface area contributed by atoms with Gasteiger partial charge in [0, 0.05) is 25.3 Å². The summed E-state index contributed by atoms with van der Waals surface area (Å²) in [5.74, 6) is 1.56. The van der Waals surface area contributed by atoms with Gasteiger partial charge >= 0.3 is 6.09 Å². The lowest BCUT2D eigenvalue weighted by atomic mass is 9.92. The molecule has 238 valence electrons. The van der Waals surface area contributed by atoms with Crippen molar-refractivity contribution in [1.29, 1.82) is 0 Å². The van der Waals surface area contributed by atoms with Gasteiger partial charge in [0.15, 0.2) is 8.32 Å². The van der Waals surface area contributed by atoms with Gasteiger partial charge in [-0.05, 0) is 103 Å². The summed E-state index contributed by atoms with van der Waals surface area (Å²) in [6.45, 7) is 21.1. The fourth-order valence-electron chi connectivity index (χ4n) is 5.63. The number of aryl methyl sites for hydroxylation is 2. The molecule has 1 aliphatic carbocycles. The minimum Gasteiger partial charge on any atom is -0.444 e. The summed E-state index contributed by atoms with van der Waals surface area (Å²) < 4.78 is 33.2. The molecule has 0 bridgehead atoms. The van der Waals surface area contributed by atoms with Gasteiger partial charge in [0.25, 0.3) is 0 Å². The highest BCUT2D eigenvalue weighted by Gasteiger charge is 2.38. The number of imidazole rings is 1. The summed E-state index contributed by atoms with van der Waals surface area (Å²) in [5, 5.41) is 7.39. The van der Waals surface area contributed by atoms with Crippen molar-refractivity contribution < 1.29 is 24.6 Å². The average Bonchev–Trinajstić information content (AvgIpc) is 3.45. The molecule has 43 heavy (non-hydrogen) atoms. The molecule has 2 heterocycles. The molecule has 1 fully saturated rings. The molecule has 1 saturated carbocycles. The summed E-state index contributed by atoms with van der Waals surface area (Å²) in [5.41, 5.74) is 4.04. The van der Waals surface area contributed by atoms with E-state index < -0.39 is 26.1 Å². The molecule has 0 unspecified atom stereocenters. The zero-order valence-corrected chi connectivity index (χ0v) is 28.8. The topological polar surface area (TPSA) is 101 Å². The van der Waals surface area contributed by atoms with Crippen LogP contribution in [0.4, 0.5) is 4.79 Å². The minimum absolute atomic E-state index is 0.0187. The normalized spacial score (nSPS) is 19.3. The second-order valence-corrected chi connectivity index (χ2v) is 19.2. The molecule has 2 aromatic heterocycles. The molecule has 0 radical (unpaired) electrons. The maximum atomic E-state index is 13.2. The van der Waals surface area contributed by atoms with Crippen molar-refractivity contribution in [2.45, 2.75) is 129 Å². The molecule has 9 nitrogen and oxygen atoms in total. The van der Waals surface area contributed by atoms with Crippen LogP contribution in [0.25, 0.3) is 22.2 Å². The summed E-state index contributed by atoms with van der Waals surface area (Å²) in [6.07, 6.45) is 3.72. The van der Waals surface area contributed by atoms with Crippen molar-refractivity contribution >= 4 is 25.4 Å². The van der Waals surface area contributed by atoms with Gasteiger partial charge in [-0.25, -0.2) is 9.78 Å². The molecule has 0 saturated heterocycles. The van der Waals surface area contributed by atoms with Gasteiger partial charge in [-0.1, -0.05) is 32.0 Å². The van der Waals surface area contributed by atoms with E-state index in [0.29, 0.717) is 13.0 Å². The highest BCUT2D eigenvalue weighted by molar-refractivity contribution is 6.74. The first kappa shape index (κ1) is 31.7. The van der Waals surface area contributed by atoms with Crippen LogP contribution in [0, 0.1) is 13.8 Å². The number of ether oxygens (including phenoxy) is 2. The monoisotopic (exact) mass is 613 g/mol. The number of hydrogen-bond acceptors (Lipinski definition) is 7. The zero-order chi connectivity index (χ0) is 32.4. The van der Waals surface area contributed by atoms with Gasteiger partial charge in [0.1, 0.15) is 17.2 Å². The first-order valence-electron chi connectivity index (χ1n) is 16.2. The average molecular weight is 614 g/mol. The maximum absolute atomic E-state index is 13.2. The molecule has 4 rings (SSSR count). The summed E-state index contributed by atoms with van der Waals surface area (Å²) in [4.78, 5) is 18.4. The van der Waals surface area contributed by atoms with Crippen LogP contribution in [0.2, 0.25) is 18.1 Å². The summed E-state index contributed by atoms with van der Waals surface area (Å²) in [6, 6.07) is 6.06. The number of methoxy groups -OCH3 is 1. The van der Waals surface area contributed by atoms with E-state index in [-0.39, 0.29) is 24.3 Å². The van der Waals surface area contributed by atoms with Crippen molar-refractivity contribution in [1.82, 2.24) is 20.0 Å². The predicted octanol–water partition coefficient (Wildman–Crippen LogP) is 8.42. The van der Waals surface area contributed by atoms with E-state index in [1.54, 1.807) is 0 Å². The van der Waals surface area contributed by atoms with Crippen molar-refractivity contribution in [2.75, 3.05) is 13.7 Å². The van der Waals surface area contributed by atoms with Gasteiger partial charge in [0.2, 0.25) is 0 Å². The van der Waals surface area contributed by atoms with Crippen LogP contribution in [-0.4, -0.2) is 54.5 Å². The molecule has 1 N–H and O–H groups in total. The van der Waals surface area contributed by atoms with Gasteiger partial charge in [-0.3, -0.25) is 0 Å². The first-order chi connectivity index (χ1) is 20.5. The minimum atomic E-state index is -2.01. The van der Waals surface area contributed by atoms with Gasteiger partial charge in [-0.15, -0.1) is 0 Å². The third-order valence-corrected chi connectivity index (χ3v) is 13.5. The van der Waals surface area contributed by atoms with Gasteiger partial charge < -0.3 is 28.3 Å². The molecule has 3 aromatic rings. The van der Waals surface area contributed by atoms with Gasteiger partial charge in [0.05, 0.1) is 30.2 Å². The van der Waals surface area contributed by atoms with E-state index in [1.165, 1.54) is 0 Å². The predicted molar refractivity (Wildman–Crippen MR) is 173 cm³/mol. The summed E-state index contributed by atoms with van der Waals surface area (Å²) in [7, 11) is -2.03. The molecule has 1 atom stereocenters. The first-order valence-corrected chi connectivity index (χ1v) is 18.4. The Morgan fingerprint density at radius 3 is 2.44 bits per heavy atom. The SMILES string of the molecule is [2H]CO[C@H]1CC[C@H](n2c([C@H](CCO[Si](C)(C)C(C)(C)C)NC(=O)OC(C)(C)C)nc3cc(-c4c(C)noc4C)ccc32)CC1. The molecular formula is C33H52N4O5Si. The smallest absolute Gasteiger partial charge is 0.408 e. The van der Waals surface area contributed by atoms with Crippen LogP contribution < -0.4 is 5.32 Å². The largest absolute Gasteiger partial charge is 0.444 e. The van der Waals surface area contributed by atoms with E-state index >= 15 is 0 Å². The van der Waals surface area contributed by atoms with E-state index in [4.69, 9.17) is 24.8 Å². The number of nitrogens with zero attached hydrogens (tertiary/aromatic N) is 3. The number of rotatable bonds is 9. The molecule has 1 aliphatic rings. The van der Waals surface area contributed by atoms with Crippen molar-refractivity contribution in [2.24, 2.45) is 0 Å². The Morgan fingerprint density at radius 1 is 1.16 bits per heavy atom. The highest BCUT2D eigenvalue weighted by atomic mass is 28.4. The van der Waals surface area contributed by atoms with Crippen LogP contribution in [0.5, 0.6) is 0 Å². The van der Waals surface area contributed by atoms with E-state index in [1.807, 2.05) is 34.6 Å². The second-order valence-electron chi connectivity index (χ2n) is 14.4. The molecule has 1 amide bonds. The number of aromatic nitrogens is 3. The van der Waals surface area contributed by atoms with E-state index in [2.05, 4.69) is 67.1 Å². The third kappa shape index (κ3) is 7.70. The van der Waals surface area contributed by atoms with E-state index in [0.717, 1.165) is 65.1 Å². The van der Waals surface area contributed by atoms with Crippen LogP contribution in [0.3, 0.4) is 0 Å². The van der Waals surface area contributed by atoms with Crippen LogP contribution >= 0.6 is 0 Å². The standard InChI is InChI=1S/C33H52N4O5Si/c1-21-29(22(2)42-36-21)23-12-17-28-27(20-23)34-30(37(28)24-13-15-25(39-9)16-14-24)26(35-31(38)41-32(3,4)5)18-19-40-43(10,11)33(6,7)8/h12,17,20,24-26H,13-16,18-19H2,1-11H3,(H,35,38)/t24-,25-,26-/m0/s1/i9D. The lowest BCUT2D eigenvalue weighted by Gasteiger charge is -2.36. The van der Waals surface area contributed by atoms with Crippen molar-refractivity contribution in [3.8, 4) is 11.1 Å². The molecule has 0 aliphatic heterocycles. The molecule has 1 aromatic carbocycles. The Kier molecular flexibility index (Phi) is 9.39. The van der Waals surface area contributed by atoms with Crippen molar-refractivity contribution in [3.63, 3.8) is 0 Å². The zero-order valence-electron chi connectivity index (χ0n) is 28.8. The number of alkyl carbamates (subject to hydrolysis) is 1. The highest BCUT2D eigenvalue weighted by Crippen LogP contribution is 2.39. The number of hydrogen-bond donors (Lipinski definition) is 1. The number of amides is 1. The summed E-state index contributed by atoms with van der Waals surface area (Å²) >= 11 is 0. The quantitative estimate of drug-likeness (QED) is 0.242. The van der Waals surface area contributed by atoms with Crippen molar-refractivity contribution in [3.05, 3.63) is 35.5 Å². The molecule has 10 heteroatoms. The Bertz CT molecular complexity index is 1410. The maximum Gasteiger partial charge on any atom is 0.408 e. The number of fused-ring (bicyclic) bond motifs is 1.